The van der Waals surface area contributed by atoms with Gasteiger partial charge in [-0.25, -0.2) is 4.98 Å². The number of aromatic amines is 1. The van der Waals surface area contributed by atoms with Crippen LogP contribution in [-0.4, -0.2) is 45.1 Å². The Morgan fingerprint density at radius 3 is 2.73 bits per heavy atom. The van der Waals surface area contributed by atoms with E-state index < -0.39 is 0 Å². The number of aliphatic hydroxyl groups is 1. The highest BCUT2D eigenvalue weighted by Gasteiger charge is 2.43. The van der Waals surface area contributed by atoms with E-state index in [2.05, 4.69) is 9.97 Å². The minimum atomic E-state index is -0.125. The van der Waals surface area contributed by atoms with E-state index in [4.69, 9.17) is 0 Å². The molecule has 0 aliphatic heterocycles. The predicted octanol–water partition coefficient (Wildman–Crippen LogP) is 2.18. The van der Waals surface area contributed by atoms with Crippen molar-refractivity contribution in [3.8, 4) is 0 Å². The van der Waals surface area contributed by atoms with Crippen LogP contribution in [0.4, 0.5) is 0 Å². The first-order chi connectivity index (χ1) is 10.6. The molecule has 22 heavy (non-hydrogen) atoms. The fraction of sp³-hybridized carbons (Fsp3) is 0.529. The summed E-state index contributed by atoms with van der Waals surface area (Å²) in [7, 11) is 1.90. The average Bonchev–Trinajstić information content (AvgIpc) is 3.18. The van der Waals surface area contributed by atoms with Crippen molar-refractivity contribution >= 4 is 16.9 Å². The monoisotopic (exact) mass is 299 g/mol. The zero-order chi connectivity index (χ0) is 15.3. The molecule has 0 bridgehead atoms. The van der Waals surface area contributed by atoms with Gasteiger partial charge in [-0.3, -0.25) is 4.79 Å². The van der Waals surface area contributed by atoms with Gasteiger partial charge in [0, 0.05) is 18.7 Å². The third kappa shape index (κ3) is 2.20. The van der Waals surface area contributed by atoms with Crippen molar-refractivity contribution in [3.63, 3.8) is 0 Å². The van der Waals surface area contributed by atoms with Gasteiger partial charge in [-0.05, 0) is 55.7 Å². The van der Waals surface area contributed by atoms with Gasteiger partial charge >= 0.3 is 0 Å². The van der Waals surface area contributed by atoms with Crippen LogP contribution in [0.25, 0.3) is 11.0 Å². The summed E-state index contributed by atoms with van der Waals surface area (Å²) < 4.78 is 0. The van der Waals surface area contributed by atoms with Gasteiger partial charge in [0.1, 0.15) is 0 Å². The van der Waals surface area contributed by atoms with Crippen LogP contribution in [0.1, 0.15) is 36.0 Å². The molecule has 116 valence electrons. The van der Waals surface area contributed by atoms with Crippen molar-refractivity contribution in [1.29, 1.82) is 0 Å². The first kappa shape index (κ1) is 13.8. The lowest BCUT2D eigenvalue weighted by Crippen LogP contribution is -2.36. The van der Waals surface area contributed by atoms with E-state index in [0.717, 1.165) is 36.7 Å². The number of fused-ring (bicyclic) bond motifs is 2. The van der Waals surface area contributed by atoms with Crippen LogP contribution in [0, 0.1) is 11.8 Å². The third-order valence-corrected chi connectivity index (χ3v) is 5.50. The molecule has 2 aliphatic carbocycles. The van der Waals surface area contributed by atoms with Crippen LogP contribution in [-0.2, 0) is 0 Å². The lowest BCUT2D eigenvalue weighted by molar-refractivity contribution is 0.0722. The number of nitrogens with zero attached hydrogens (tertiary/aromatic N) is 2. The SMILES string of the molecule is CN(C(=O)c1ccc2nc[nH]c2c1)C1C[C@H]2CC(O)C[C@H]2C1. The maximum Gasteiger partial charge on any atom is 0.253 e. The van der Waals surface area contributed by atoms with Crippen molar-refractivity contribution in [2.75, 3.05) is 7.05 Å². The number of nitrogens with one attached hydrogen (secondary N) is 1. The molecule has 5 nitrogen and oxygen atoms in total. The zero-order valence-corrected chi connectivity index (χ0v) is 12.7. The van der Waals surface area contributed by atoms with Crippen LogP contribution >= 0.6 is 0 Å². The molecular formula is C17H21N3O2. The number of amides is 1. The van der Waals surface area contributed by atoms with E-state index in [1.54, 1.807) is 6.33 Å². The molecular weight excluding hydrogens is 278 g/mol. The molecule has 4 atom stereocenters. The highest BCUT2D eigenvalue weighted by molar-refractivity contribution is 5.97. The van der Waals surface area contributed by atoms with Gasteiger partial charge in [0.15, 0.2) is 0 Å². The molecule has 1 aromatic heterocycles. The van der Waals surface area contributed by atoms with Crippen molar-refractivity contribution in [2.45, 2.75) is 37.8 Å². The van der Waals surface area contributed by atoms with Crippen molar-refractivity contribution in [2.24, 2.45) is 11.8 Å². The van der Waals surface area contributed by atoms with E-state index in [1.165, 1.54) is 0 Å². The molecule has 2 aromatic rings. The minimum Gasteiger partial charge on any atom is -0.393 e. The molecule has 1 amide bonds. The van der Waals surface area contributed by atoms with Crippen LogP contribution in [0.2, 0.25) is 0 Å². The highest BCUT2D eigenvalue weighted by atomic mass is 16.3. The Labute approximate surface area is 129 Å². The number of aliphatic hydroxyl groups excluding tert-OH is 1. The maximum absolute atomic E-state index is 12.7. The lowest BCUT2D eigenvalue weighted by atomic mass is 10.0. The topological polar surface area (TPSA) is 69.2 Å². The molecule has 2 fully saturated rings. The van der Waals surface area contributed by atoms with Gasteiger partial charge in [-0.1, -0.05) is 0 Å². The number of benzene rings is 1. The molecule has 0 saturated heterocycles. The second-order valence-electron chi connectivity index (χ2n) is 6.82. The number of H-pyrrole nitrogens is 1. The van der Waals surface area contributed by atoms with Crippen molar-refractivity contribution in [1.82, 2.24) is 14.9 Å². The van der Waals surface area contributed by atoms with E-state index >= 15 is 0 Å². The summed E-state index contributed by atoms with van der Waals surface area (Å²) >= 11 is 0. The lowest BCUT2D eigenvalue weighted by Gasteiger charge is -2.25. The Bertz CT molecular complexity index is 697. The highest BCUT2D eigenvalue weighted by Crippen LogP contribution is 2.45. The summed E-state index contributed by atoms with van der Waals surface area (Å²) in [6.45, 7) is 0. The minimum absolute atomic E-state index is 0.0713. The van der Waals surface area contributed by atoms with E-state index in [9.17, 15) is 9.90 Å². The van der Waals surface area contributed by atoms with Gasteiger partial charge in [-0.2, -0.15) is 0 Å². The number of carbonyl (C=O) groups excluding carboxylic acids is 1. The third-order valence-electron chi connectivity index (χ3n) is 5.50. The van der Waals surface area contributed by atoms with Gasteiger partial charge in [0.05, 0.1) is 23.5 Å². The van der Waals surface area contributed by atoms with Gasteiger partial charge in [-0.15, -0.1) is 0 Å². The Hall–Kier alpha value is -1.88. The fourth-order valence-electron chi connectivity index (χ4n) is 4.31. The first-order valence-corrected chi connectivity index (χ1v) is 8.00. The summed E-state index contributed by atoms with van der Waals surface area (Å²) in [6.07, 6.45) is 5.38. The van der Waals surface area contributed by atoms with E-state index in [1.807, 2.05) is 30.1 Å². The van der Waals surface area contributed by atoms with Crippen LogP contribution in [0.15, 0.2) is 24.5 Å². The molecule has 2 saturated carbocycles. The maximum atomic E-state index is 12.7. The molecule has 1 heterocycles. The molecule has 0 radical (unpaired) electrons. The smallest absolute Gasteiger partial charge is 0.253 e. The Morgan fingerprint density at radius 1 is 1.27 bits per heavy atom. The molecule has 2 aliphatic rings. The summed E-state index contributed by atoms with van der Waals surface area (Å²) in [5.41, 5.74) is 2.48. The second-order valence-corrected chi connectivity index (χ2v) is 6.82. The normalized spacial score (nSPS) is 30.6. The molecule has 2 unspecified atom stereocenters. The molecule has 5 heteroatoms. The van der Waals surface area contributed by atoms with E-state index in [0.29, 0.717) is 23.4 Å². The Morgan fingerprint density at radius 2 is 2.00 bits per heavy atom. The summed E-state index contributed by atoms with van der Waals surface area (Å²) in [6, 6.07) is 5.90. The quantitative estimate of drug-likeness (QED) is 0.893. The van der Waals surface area contributed by atoms with Gasteiger partial charge in [0.2, 0.25) is 0 Å². The number of hydrogen-bond donors (Lipinski definition) is 2. The van der Waals surface area contributed by atoms with Crippen LogP contribution in [0.3, 0.4) is 0 Å². The first-order valence-electron chi connectivity index (χ1n) is 8.00. The van der Waals surface area contributed by atoms with E-state index in [-0.39, 0.29) is 12.0 Å². The zero-order valence-electron chi connectivity index (χ0n) is 12.7. The molecule has 1 aromatic carbocycles. The van der Waals surface area contributed by atoms with Crippen molar-refractivity contribution < 1.29 is 9.90 Å². The Balaban J connectivity index is 1.50. The molecule has 4 rings (SSSR count). The number of carbonyl (C=O) groups is 1. The summed E-state index contributed by atoms with van der Waals surface area (Å²) in [4.78, 5) is 21.8. The molecule has 0 spiro atoms. The summed E-state index contributed by atoms with van der Waals surface area (Å²) in [5.74, 6) is 1.25. The number of hydrogen-bond acceptors (Lipinski definition) is 3. The number of imidazole rings is 1. The van der Waals surface area contributed by atoms with Crippen LogP contribution < -0.4 is 0 Å². The van der Waals surface area contributed by atoms with Crippen molar-refractivity contribution in [3.05, 3.63) is 30.1 Å². The average molecular weight is 299 g/mol. The fourth-order valence-corrected chi connectivity index (χ4v) is 4.31. The van der Waals surface area contributed by atoms with Gasteiger partial charge in [0.25, 0.3) is 5.91 Å². The predicted molar refractivity (Wildman–Crippen MR) is 83.4 cm³/mol. The number of rotatable bonds is 2. The standard InChI is InChI=1S/C17H21N3O2/c1-20(13-4-11-6-14(21)7-12(11)5-13)17(22)10-2-3-15-16(8-10)19-9-18-15/h2-3,8-9,11-14,21H,4-7H2,1H3,(H,18,19)/t11-,12+,13?,14?. The summed E-state index contributed by atoms with van der Waals surface area (Å²) in [5, 5.41) is 9.74. The Kier molecular flexibility index (Phi) is 3.18. The van der Waals surface area contributed by atoms with Gasteiger partial charge < -0.3 is 15.0 Å². The molecule has 2 N–H and O–H groups in total. The number of aromatic nitrogens is 2. The second kappa shape index (κ2) is 5.09. The largest absolute Gasteiger partial charge is 0.393 e. The van der Waals surface area contributed by atoms with Crippen LogP contribution in [0.5, 0.6) is 0 Å².